The third-order valence-electron chi connectivity index (χ3n) is 3.86. The number of piperidine rings is 1. The molecule has 2 unspecified atom stereocenters. The molecule has 3 N–H and O–H groups in total. The average molecular weight is 328 g/mol. The van der Waals surface area contributed by atoms with Crippen molar-refractivity contribution in [3.63, 3.8) is 0 Å². The van der Waals surface area contributed by atoms with E-state index < -0.39 is 16.1 Å². The Bertz CT molecular complexity index is 574. The van der Waals surface area contributed by atoms with E-state index in [0.717, 1.165) is 12.8 Å². The Hall–Kier alpha value is -1.15. The van der Waals surface area contributed by atoms with Gasteiger partial charge in [-0.15, -0.1) is 0 Å². The lowest BCUT2D eigenvalue weighted by molar-refractivity contribution is 0.105. The maximum Gasteiger partial charge on any atom is 0.243 e. The molecule has 7 heteroatoms. The molecule has 0 aliphatic carbocycles. The molecule has 0 radical (unpaired) electrons. The van der Waals surface area contributed by atoms with Crippen molar-refractivity contribution in [2.24, 2.45) is 5.92 Å². The molecule has 2 atom stereocenters. The van der Waals surface area contributed by atoms with E-state index in [2.05, 4.69) is 12.2 Å². The number of nitrogens with zero attached hydrogens (tertiary/aromatic N) is 1. The highest BCUT2D eigenvalue weighted by Crippen LogP contribution is 2.24. The van der Waals surface area contributed by atoms with Gasteiger partial charge in [-0.05, 0) is 43.0 Å². The van der Waals surface area contributed by atoms with Crippen LogP contribution in [0.1, 0.15) is 19.8 Å². The van der Waals surface area contributed by atoms with Gasteiger partial charge in [0.25, 0.3) is 0 Å². The molecular formula is C15H24N2O4S. The minimum Gasteiger partial charge on any atom is -0.394 e. The first-order valence-corrected chi connectivity index (χ1v) is 9.00. The average Bonchev–Trinajstić information content (AvgIpc) is 2.53. The van der Waals surface area contributed by atoms with Gasteiger partial charge in [0.15, 0.2) is 0 Å². The number of rotatable bonds is 6. The predicted octanol–water partition coefficient (Wildman–Crippen LogP) is 0.872. The van der Waals surface area contributed by atoms with Gasteiger partial charge in [-0.2, -0.15) is 4.31 Å². The van der Waals surface area contributed by atoms with Crippen LogP contribution in [0.15, 0.2) is 29.2 Å². The number of hydrogen-bond donors (Lipinski definition) is 3. The molecule has 2 rings (SSSR count). The number of benzene rings is 1. The summed E-state index contributed by atoms with van der Waals surface area (Å²) in [6.45, 7) is 3.13. The molecule has 0 spiro atoms. The normalized spacial score (nSPS) is 21.5. The van der Waals surface area contributed by atoms with Crippen LogP contribution in [0.3, 0.4) is 0 Å². The summed E-state index contributed by atoms with van der Waals surface area (Å²) in [4.78, 5) is 0.287. The summed E-state index contributed by atoms with van der Waals surface area (Å²) < 4.78 is 26.7. The van der Waals surface area contributed by atoms with Crippen LogP contribution in [0.4, 0.5) is 5.69 Å². The molecule has 0 bridgehead atoms. The van der Waals surface area contributed by atoms with Gasteiger partial charge in [-0.25, -0.2) is 8.42 Å². The summed E-state index contributed by atoms with van der Waals surface area (Å²) in [6.07, 6.45) is 1.14. The largest absolute Gasteiger partial charge is 0.394 e. The van der Waals surface area contributed by atoms with Crippen molar-refractivity contribution in [2.45, 2.75) is 30.8 Å². The first-order valence-electron chi connectivity index (χ1n) is 7.56. The molecule has 22 heavy (non-hydrogen) atoms. The molecule has 6 nitrogen and oxygen atoms in total. The maximum absolute atomic E-state index is 12.6. The third kappa shape index (κ3) is 4.19. The highest BCUT2D eigenvalue weighted by Gasteiger charge is 2.28. The van der Waals surface area contributed by atoms with Crippen molar-refractivity contribution in [1.82, 2.24) is 4.31 Å². The van der Waals surface area contributed by atoms with Gasteiger partial charge in [-0.1, -0.05) is 6.92 Å². The fourth-order valence-corrected chi connectivity index (χ4v) is 4.16. The van der Waals surface area contributed by atoms with Crippen molar-refractivity contribution < 1.29 is 18.6 Å². The molecule has 1 fully saturated rings. The van der Waals surface area contributed by atoms with E-state index in [-0.39, 0.29) is 18.0 Å². The van der Waals surface area contributed by atoms with E-state index in [1.165, 1.54) is 0 Å². The topological polar surface area (TPSA) is 89.9 Å². The SMILES string of the molecule is CC1CCCN(S(=O)(=O)c2ccc(NCC(O)CO)cc2)C1. The van der Waals surface area contributed by atoms with E-state index in [4.69, 9.17) is 5.11 Å². The highest BCUT2D eigenvalue weighted by atomic mass is 32.2. The number of anilines is 1. The smallest absolute Gasteiger partial charge is 0.243 e. The Balaban J connectivity index is 2.05. The van der Waals surface area contributed by atoms with Gasteiger partial charge in [0.05, 0.1) is 17.6 Å². The molecule has 0 aromatic heterocycles. The summed E-state index contributed by atoms with van der Waals surface area (Å²) in [5, 5.41) is 21.0. The molecule has 124 valence electrons. The molecule has 1 aliphatic rings. The number of sulfonamides is 1. The Morgan fingerprint density at radius 2 is 2.05 bits per heavy atom. The van der Waals surface area contributed by atoms with Gasteiger partial charge in [0.1, 0.15) is 0 Å². The van der Waals surface area contributed by atoms with Crippen molar-refractivity contribution in [1.29, 1.82) is 0 Å². The van der Waals surface area contributed by atoms with Crippen LogP contribution >= 0.6 is 0 Å². The Labute approximate surface area is 131 Å². The molecule has 1 aliphatic heterocycles. The molecule has 1 heterocycles. The number of hydrogen-bond acceptors (Lipinski definition) is 5. The van der Waals surface area contributed by atoms with Crippen LogP contribution in [0.2, 0.25) is 0 Å². The standard InChI is InChI=1S/C15H24N2O4S/c1-12-3-2-8-17(10-12)22(20,21)15-6-4-13(5-7-15)16-9-14(19)11-18/h4-7,12,14,16,18-19H,2-3,8-11H2,1H3. The third-order valence-corrected chi connectivity index (χ3v) is 5.74. The zero-order chi connectivity index (χ0) is 16.2. The van der Waals surface area contributed by atoms with Gasteiger partial charge >= 0.3 is 0 Å². The molecule has 1 saturated heterocycles. The van der Waals surface area contributed by atoms with Gasteiger partial charge in [0, 0.05) is 25.3 Å². The Kier molecular flexibility index (Phi) is 5.80. The highest BCUT2D eigenvalue weighted by molar-refractivity contribution is 7.89. The monoisotopic (exact) mass is 328 g/mol. The fourth-order valence-electron chi connectivity index (χ4n) is 2.56. The second kappa shape index (κ2) is 7.41. The van der Waals surface area contributed by atoms with E-state index in [9.17, 15) is 13.5 Å². The molecule has 1 aromatic carbocycles. The van der Waals surface area contributed by atoms with Crippen molar-refractivity contribution >= 4 is 15.7 Å². The summed E-state index contributed by atoms with van der Waals surface area (Å²) in [5.41, 5.74) is 0.707. The predicted molar refractivity (Wildman–Crippen MR) is 85.2 cm³/mol. The summed E-state index contributed by atoms with van der Waals surface area (Å²) in [7, 11) is -3.43. The van der Waals surface area contributed by atoms with Gasteiger partial charge < -0.3 is 15.5 Å². The van der Waals surface area contributed by atoms with Crippen LogP contribution in [-0.4, -0.2) is 55.3 Å². The van der Waals surface area contributed by atoms with Crippen LogP contribution in [0, 0.1) is 5.92 Å². The zero-order valence-corrected chi connectivity index (χ0v) is 13.6. The van der Waals surface area contributed by atoms with Crippen LogP contribution in [0.5, 0.6) is 0 Å². The Morgan fingerprint density at radius 1 is 1.36 bits per heavy atom. The quantitative estimate of drug-likeness (QED) is 0.721. The van der Waals surface area contributed by atoms with Crippen LogP contribution in [0.25, 0.3) is 0 Å². The molecule has 0 amide bonds. The molecular weight excluding hydrogens is 304 g/mol. The fraction of sp³-hybridized carbons (Fsp3) is 0.600. The molecule has 1 aromatic rings. The van der Waals surface area contributed by atoms with E-state index in [0.29, 0.717) is 24.7 Å². The van der Waals surface area contributed by atoms with Crippen LogP contribution in [-0.2, 0) is 10.0 Å². The van der Waals surface area contributed by atoms with Crippen molar-refractivity contribution in [2.75, 3.05) is 31.6 Å². The van der Waals surface area contributed by atoms with Gasteiger partial charge in [0.2, 0.25) is 10.0 Å². The second-order valence-corrected chi connectivity index (χ2v) is 7.79. The van der Waals surface area contributed by atoms with E-state index in [1.54, 1.807) is 28.6 Å². The van der Waals surface area contributed by atoms with Crippen molar-refractivity contribution in [3.05, 3.63) is 24.3 Å². The number of aliphatic hydroxyl groups is 2. The lowest BCUT2D eigenvalue weighted by Gasteiger charge is -2.30. The first kappa shape index (κ1) is 17.2. The maximum atomic E-state index is 12.6. The number of nitrogens with one attached hydrogen (secondary N) is 1. The first-order chi connectivity index (χ1) is 10.4. The lowest BCUT2D eigenvalue weighted by Crippen LogP contribution is -2.39. The number of aliphatic hydroxyl groups excluding tert-OH is 2. The summed E-state index contributed by atoms with van der Waals surface area (Å²) in [6, 6.07) is 6.49. The van der Waals surface area contributed by atoms with Crippen LogP contribution < -0.4 is 5.32 Å². The lowest BCUT2D eigenvalue weighted by atomic mass is 10.0. The van der Waals surface area contributed by atoms with Crippen molar-refractivity contribution in [3.8, 4) is 0 Å². The van der Waals surface area contributed by atoms with Gasteiger partial charge in [-0.3, -0.25) is 0 Å². The second-order valence-electron chi connectivity index (χ2n) is 5.85. The summed E-state index contributed by atoms with van der Waals surface area (Å²) in [5.74, 6) is 0.393. The molecule has 0 saturated carbocycles. The van der Waals surface area contributed by atoms with E-state index in [1.807, 2.05) is 0 Å². The summed E-state index contributed by atoms with van der Waals surface area (Å²) >= 11 is 0. The minimum absolute atomic E-state index is 0.215. The Morgan fingerprint density at radius 3 is 2.64 bits per heavy atom. The van der Waals surface area contributed by atoms with E-state index >= 15 is 0 Å². The minimum atomic E-state index is -3.43. The zero-order valence-electron chi connectivity index (χ0n) is 12.8.